The molecule has 1 aliphatic carbocycles. The molecule has 2 unspecified atom stereocenters. The highest BCUT2D eigenvalue weighted by atomic mass is 16.3. The normalized spacial score (nSPS) is 26.2. The van der Waals surface area contributed by atoms with Gasteiger partial charge in [-0.1, -0.05) is 45.4 Å². The molecule has 1 aliphatic rings. The smallest absolute Gasteiger partial charge is 0.0695 e. The van der Waals surface area contributed by atoms with Crippen LogP contribution in [0.5, 0.6) is 0 Å². The maximum Gasteiger partial charge on any atom is 0.0695 e. The zero-order chi connectivity index (χ0) is 11.8. The van der Waals surface area contributed by atoms with Crippen molar-refractivity contribution in [2.75, 3.05) is 13.6 Å². The molecule has 0 amide bonds. The van der Waals surface area contributed by atoms with E-state index in [0.717, 1.165) is 13.0 Å². The average molecular weight is 227 g/mol. The average Bonchev–Trinajstić information content (AvgIpc) is 2.29. The molecule has 2 atom stereocenters. The number of hydrogen-bond donors (Lipinski definition) is 1. The van der Waals surface area contributed by atoms with Crippen LogP contribution < -0.4 is 0 Å². The summed E-state index contributed by atoms with van der Waals surface area (Å²) in [5.74, 6) is 0. The van der Waals surface area contributed by atoms with Crippen LogP contribution in [0.15, 0.2) is 0 Å². The summed E-state index contributed by atoms with van der Waals surface area (Å²) < 4.78 is 0. The van der Waals surface area contributed by atoms with Gasteiger partial charge < -0.3 is 10.0 Å². The Kier molecular flexibility index (Phi) is 7.06. The van der Waals surface area contributed by atoms with Crippen LogP contribution in [-0.2, 0) is 0 Å². The Morgan fingerprint density at radius 3 is 2.44 bits per heavy atom. The van der Waals surface area contributed by atoms with E-state index in [9.17, 15) is 5.11 Å². The van der Waals surface area contributed by atoms with Crippen molar-refractivity contribution in [3.63, 3.8) is 0 Å². The van der Waals surface area contributed by atoms with Crippen molar-refractivity contribution < 1.29 is 5.11 Å². The van der Waals surface area contributed by atoms with Crippen LogP contribution in [-0.4, -0.2) is 35.7 Å². The van der Waals surface area contributed by atoms with E-state index in [4.69, 9.17) is 0 Å². The molecular formula is C14H29NO. The highest BCUT2D eigenvalue weighted by Gasteiger charge is 2.25. The Labute approximate surface area is 101 Å². The number of aliphatic hydroxyl groups excluding tert-OH is 1. The molecule has 0 saturated heterocycles. The lowest BCUT2D eigenvalue weighted by Gasteiger charge is -2.35. The summed E-state index contributed by atoms with van der Waals surface area (Å²) in [5, 5.41) is 9.94. The van der Waals surface area contributed by atoms with Crippen LogP contribution in [0.2, 0.25) is 0 Å². The Morgan fingerprint density at radius 2 is 1.75 bits per heavy atom. The molecule has 0 aromatic carbocycles. The number of nitrogens with zero attached hydrogens (tertiary/aromatic N) is 1. The molecule has 0 heterocycles. The predicted molar refractivity (Wildman–Crippen MR) is 69.7 cm³/mol. The summed E-state index contributed by atoms with van der Waals surface area (Å²) in [6.07, 6.45) is 11.3. The molecule has 0 bridgehead atoms. The van der Waals surface area contributed by atoms with Gasteiger partial charge in [0.25, 0.3) is 0 Å². The standard InChI is InChI=1S/C14H29NO/c1-3-4-5-6-9-12-15(2)13-10-7-8-11-14(13)16/h13-14,16H,3-12H2,1-2H3. The highest BCUT2D eigenvalue weighted by molar-refractivity contribution is 4.81. The topological polar surface area (TPSA) is 23.5 Å². The van der Waals surface area contributed by atoms with Crippen molar-refractivity contribution in [2.24, 2.45) is 0 Å². The van der Waals surface area contributed by atoms with Crippen molar-refractivity contribution in [2.45, 2.75) is 76.9 Å². The zero-order valence-corrected chi connectivity index (χ0v) is 11.1. The monoisotopic (exact) mass is 227 g/mol. The Balaban J connectivity index is 2.10. The summed E-state index contributed by atoms with van der Waals surface area (Å²) in [6, 6.07) is 0.430. The molecule has 2 heteroatoms. The minimum absolute atomic E-state index is 0.0746. The third-order valence-corrected chi connectivity index (χ3v) is 3.87. The molecule has 1 saturated carbocycles. The molecule has 1 rings (SSSR count). The molecule has 0 aromatic rings. The maximum absolute atomic E-state index is 9.94. The lowest BCUT2D eigenvalue weighted by Crippen LogP contribution is -2.43. The van der Waals surface area contributed by atoms with E-state index in [1.54, 1.807) is 0 Å². The Bertz CT molecular complexity index is 172. The Hall–Kier alpha value is -0.0800. The minimum atomic E-state index is -0.0746. The maximum atomic E-state index is 9.94. The van der Waals surface area contributed by atoms with Gasteiger partial charge in [0.05, 0.1) is 6.10 Å². The van der Waals surface area contributed by atoms with Crippen molar-refractivity contribution in [3.8, 4) is 0 Å². The van der Waals surface area contributed by atoms with Gasteiger partial charge in [-0.25, -0.2) is 0 Å². The van der Waals surface area contributed by atoms with Crippen molar-refractivity contribution in [1.29, 1.82) is 0 Å². The molecule has 0 aliphatic heterocycles. The van der Waals surface area contributed by atoms with Gasteiger partial charge in [-0.2, -0.15) is 0 Å². The second kappa shape index (κ2) is 8.08. The van der Waals surface area contributed by atoms with Gasteiger partial charge in [0.15, 0.2) is 0 Å². The molecule has 16 heavy (non-hydrogen) atoms. The van der Waals surface area contributed by atoms with E-state index >= 15 is 0 Å². The first-order chi connectivity index (χ1) is 7.75. The number of likely N-dealkylation sites (N-methyl/N-ethyl adjacent to an activating group) is 1. The lowest BCUT2D eigenvalue weighted by molar-refractivity contribution is 0.0316. The molecule has 0 aromatic heterocycles. The molecule has 96 valence electrons. The summed E-state index contributed by atoms with van der Waals surface area (Å²) in [5.41, 5.74) is 0. The summed E-state index contributed by atoms with van der Waals surface area (Å²) in [6.45, 7) is 3.41. The van der Waals surface area contributed by atoms with Gasteiger partial charge in [-0.3, -0.25) is 0 Å². The van der Waals surface area contributed by atoms with E-state index in [-0.39, 0.29) is 6.10 Å². The van der Waals surface area contributed by atoms with E-state index in [0.29, 0.717) is 6.04 Å². The van der Waals surface area contributed by atoms with Crippen LogP contribution in [0.1, 0.15) is 64.7 Å². The van der Waals surface area contributed by atoms with Crippen molar-refractivity contribution >= 4 is 0 Å². The molecule has 0 radical (unpaired) electrons. The fourth-order valence-electron chi connectivity index (χ4n) is 2.74. The first-order valence-corrected chi connectivity index (χ1v) is 7.14. The molecular weight excluding hydrogens is 198 g/mol. The third kappa shape index (κ3) is 4.84. The van der Waals surface area contributed by atoms with Gasteiger partial charge in [0.1, 0.15) is 0 Å². The van der Waals surface area contributed by atoms with Crippen molar-refractivity contribution in [1.82, 2.24) is 4.90 Å². The fourth-order valence-corrected chi connectivity index (χ4v) is 2.74. The summed E-state index contributed by atoms with van der Waals surface area (Å²) in [4.78, 5) is 2.38. The predicted octanol–water partition coefficient (Wildman–Crippen LogP) is 3.19. The number of hydrogen-bond acceptors (Lipinski definition) is 2. The van der Waals surface area contributed by atoms with Gasteiger partial charge >= 0.3 is 0 Å². The third-order valence-electron chi connectivity index (χ3n) is 3.87. The highest BCUT2D eigenvalue weighted by Crippen LogP contribution is 2.22. The fraction of sp³-hybridized carbons (Fsp3) is 1.00. The lowest BCUT2D eigenvalue weighted by atomic mass is 9.91. The van der Waals surface area contributed by atoms with E-state index in [1.807, 2.05) is 0 Å². The first-order valence-electron chi connectivity index (χ1n) is 7.14. The summed E-state index contributed by atoms with van der Waals surface area (Å²) >= 11 is 0. The van der Waals surface area contributed by atoms with Crippen LogP contribution >= 0.6 is 0 Å². The SMILES string of the molecule is CCCCCCCN(C)C1CCCCC1O. The zero-order valence-electron chi connectivity index (χ0n) is 11.1. The van der Waals surface area contributed by atoms with Gasteiger partial charge in [0, 0.05) is 6.04 Å². The summed E-state index contributed by atoms with van der Waals surface area (Å²) in [7, 11) is 2.18. The van der Waals surface area contributed by atoms with Crippen molar-refractivity contribution in [3.05, 3.63) is 0 Å². The number of aliphatic hydroxyl groups is 1. The number of rotatable bonds is 7. The van der Waals surface area contributed by atoms with E-state index in [1.165, 1.54) is 51.4 Å². The molecule has 2 nitrogen and oxygen atoms in total. The van der Waals surface area contributed by atoms with Crippen LogP contribution in [0.3, 0.4) is 0 Å². The number of unbranched alkanes of at least 4 members (excludes halogenated alkanes) is 4. The molecule has 0 spiro atoms. The Morgan fingerprint density at radius 1 is 1.06 bits per heavy atom. The van der Waals surface area contributed by atoms with Gasteiger partial charge in [-0.05, 0) is 32.9 Å². The molecule has 1 N–H and O–H groups in total. The van der Waals surface area contributed by atoms with Crippen LogP contribution in [0, 0.1) is 0 Å². The second-order valence-corrected chi connectivity index (χ2v) is 5.31. The second-order valence-electron chi connectivity index (χ2n) is 5.31. The first kappa shape index (κ1) is 14.0. The van der Waals surface area contributed by atoms with Gasteiger partial charge in [0.2, 0.25) is 0 Å². The largest absolute Gasteiger partial charge is 0.391 e. The minimum Gasteiger partial charge on any atom is -0.391 e. The van der Waals surface area contributed by atoms with E-state index < -0.39 is 0 Å². The molecule has 1 fully saturated rings. The van der Waals surface area contributed by atoms with Crippen LogP contribution in [0.25, 0.3) is 0 Å². The van der Waals surface area contributed by atoms with Crippen LogP contribution in [0.4, 0.5) is 0 Å². The quantitative estimate of drug-likeness (QED) is 0.675. The van der Waals surface area contributed by atoms with E-state index in [2.05, 4.69) is 18.9 Å². The van der Waals surface area contributed by atoms with Gasteiger partial charge in [-0.15, -0.1) is 0 Å².